The van der Waals surface area contributed by atoms with E-state index in [1.165, 1.54) is 11.3 Å². The summed E-state index contributed by atoms with van der Waals surface area (Å²) in [7, 11) is 0. The minimum absolute atomic E-state index is 0.0509. The second-order valence-corrected chi connectivity index (χ2v) is 6.10. The molecular weight excluding hydrogens is 272 g/mol. The Labute approximate surface area is 114 Å². The van der Waals surface area contributed by atoms with Crippen molar-refractivity contribution >= 4 is 40.5 Å². The van der Waals surface area contributed by atoms with Crippen molar-refractivity contribution in [1.82, 2.24) is 0 Å². The summed E-state index contributed by atoms with van der Waals surface area (Å²) < 4.78 is 0.690. The molecule has 0 aliphatic carbocycles. The highest BCUT2D eigenvalue weighted by Gasteiger charge is 2.16. The lowest BCUT2D eigenvalue weighted by molar-refractivity contribution is 0.104. The Morgan fingerprint density at radius 3 is 2.65 bits per heavy atom. The molecule has 1 aromatic heterocycles. The number of rotatable bonds is 3. The first kappa shape index (κ1) is 12.7. The Morgan fingerprint density at radius 1 is 1.35 bits per heavy atom. The molecular formula is C13H11ClOS2. The van der Waals surface area contributed by atoms with Crippen molar-refractivity contribution in [3.8, 4) is 0 Å². The zero-order chi connectivity index (χ0) is 12.4. The molecule has 2 rings (SSSR count). The second kappa shape index (κ2) is 5.25. The van der Waals surface area contributed by atoms with Crippen LogP contribution in [-0.2, 0) is 0 Å². The van der Waals surface area contributed by atoms with Crippen molar-refractivity contribution in [2.24, 2.45) is 0 Å². The van der Waals surface area contributed by atoms with E-state index in [2.05, 4.69) is 0 Å². The highest BCUT2D eigenvalue weighted by molar-refractivity contribution is 7.98. The molecule has 0 bridgehead atoms. The first-order valence-corrected chi connectivity index (χ1v) is 7.49. The van der Waals surface area contributed by atoms with Crippen LogP contribution in [0.3, 0.4) is 0 Å². The minimum atomic E-state index is 0.0509. The summed E-state index contributed by atoms with van der Waals surface area (Å²) in [5.74, 6) is 0.0509. The molecule has 0 atom stereocenters. The predicted molar refractivity (Wildman–Crippen MR) is 75.7 cm³/mol. The fraction of sp³-hybridized carbons (Fsp3) is 0.154. The zero-order valence-corrected chi connectivity index (χ0v) is 11.9. The van der Waals surface area contributed by atoms with Gasteiger partial charge < -0.3 is 0 Å². The predicted octanol–water partition coefficient (Wildman–Crippen LogP) is 4.66. The van der Waals surface area contributed by atoms with Gasteiger partial charge in [-0.25, -0.2) is 0 Å². The van der Waals surface area contributed by atoms with E-state index >= 15 is 0 Å². The molecule has 88 valence electrons. The summed E-state index contributed by atoms with van der Waals surface area (Å²) in [4.78, 5) is 14.0. The highest BCUT2D eigenvalue weighted by Crippen LogP contribution is 2.30. The maximum Gasteiger partial charge on any atom is 0.204 e. The van der Waals surface area contributed by atoms with Gasteiger partial charge in [-0.2, -0.15) is 0 Å². The second-order valence-electron chi connectivity index (χ2n) is 3.60. The quantitative estimate of drug-likeness (QED) is 0.601. The van der Waals surface area contributed by atoms with Crippen LogP contribution in [0.1, 0.15) is 20.8 Å². The Kier molecular flexibility index (Phi) is 3.92. The number of aryl methyl sites for hydroxylation is 1. The van der Waals surface area contributed by atoms with E-state index in [9.17, 15) is 4.79 Å². The summed E-state index contributed by atoms with van der Waals surface area (Å²) in [6.07, 6.45) is 1.97. The number of halogens is 1. The van der Waals surface area contributed by atoms with Gasteiger partial charge in [0.25, 0.3) is 0 Å². The van der Waals surface area contributed by atoms with Gasteiger partial charge in [-0.05, 0) is 36.9 Å². The van der Waals surface area contributed by atoms with Gasteiger partial charge in [0.05, 0.1) is 9.21 Å². The van der Waals surface area contributed by atoms with E-state index in [1.807, 2.05) is 43.5 Å². The number of thiophene rings is 1. The van der Waals surface area contributed by atoms with E-state index in [1.54, 1.807) is 11.8 Å². The Morgan fingerprint density at radius 2 is 2.06 bits per heavy atom. The SMILES string of the molecule is CSc1ccccc1C(=O)c1cc(C)c(Cl)s1. The first-order chi connectivity index (χ1) is 8.13. The number of benzene rings is 1. The number of carbonyl (C=O) groups is 1. The average molecular weight is 283 g/mol. The fourth-order valence-electron chi connectivity index (χ4n) is 1.54. The molecule has 0 spiro atoms. The average Bonchev–Trinajstić information content (AvgIpc) is 2.68. The van der Waals surface area contributed by atoms with Gasteiger partial charge >= 0.3 is 0 Å². The van der Waals surface area contributed by atoms with Crippen molar-refractivity contribution in [1.29, 1.82) is 0 Å². The molecule has 0 radical (unpaired) electrons. The van der Waals surface area contributed by atoms with Gasteiger partial charge in [0.15, 0.2) is 0 Å². The van der Waals surface area contributed by atoms with Crippen molar-refractivity contribution in [3.05, 3.63) is 50.7 Å². The number of carbonyl (C=O) groups excluding carboxylic acids is 1. The monoisotopic (exact) mass is 282 g/mol. The third-order valence-corrected chi connectivity index (χ3v) is 4.78. The largest absolute Gasteiger partial charge is 0.288 e. The standard InChI is InChI=1S/C13H11ClOS2/c1-8-7-11(17-13(8)14)12(15)9-5-3-4-6-10(9)16-2/h3-7H,1-2H3. The molecule has 0 N–H and O–H groups in total. The smallest absolute Gasteiger partial charge is 0.204 e. The molecule has 0 fully saturated rings. The van der Waals surface area contributed by atoms with Gasteiger partial charge in [-0.1, -0.05) is 23.7 Å². The summed E-state index contributed by atoms with van der Waals surface area (Å²) in [5, 5.41) is 0. The molecule has 0 amide bonds. The van der Waals surface area contributed by atoms with Crippen LogP contribution in [0.15, 0.2) is 35.2 Å². The van der Waals surface area contributed by atoms with Crippen LogP contribution < -0.4 is 0 Å². The molecule has 0 saturated carbocycles. The Bertz CT molecular complexity index is 541. The molecule has 1 heterocycles. The van der Waals surface area contributed by atoms with Crippen LogP contribution in [0.5, 0.6) is 0 Å². The zero-order valence-electron chi connectivity index (χ0n) is 9.49. The van der Waals surface area contributed by atoms with E-state index in [4.69, 9.17) is 11.6 Å². The number of hydrogen-bond donors (Lipinski definition) is 0. The molecule has 4 heteroatoms. The van der Waals surface area contributed by atoms with Gasteiger partial charge in [0, 0.05) is 10.5 Å². The van der Waals surface area contributed by atoms with Crippen molar-refractivity contribution in [3.63, 3.8) is 0 Å². The Balaban J connectivity index is 2.43. The lowest BCUT2D eigenvalue weighted by Crippen LogP contribution is -2.00. The molecule has 0 unspecified atom stereocenters. The number of hydrogen-bond acceptors (Lipinski definition) is 3. The Hall–Kier alpha value is -0.770. The van der Waals surface area contributed by atoms with E-state index in [-0.39, 0.29) is 5.78 Å². The molecule has 0 aliphatic heterocycles. The maximum atomic E-state index is 12.3. The van der Waals surface area contributed by atoms with Crippen LogP contribution in [-0.4, -0.2) is 12.0 Å². The number of thioether (sulfide) groups is 1. The summed E-state index contributed by atoms with van der Waals surface area (Å²) in [6, 6.07) is 9.49. The lowest BCUT2D eigenvalue weighted by atomic mass is 10.1. The molecule has 0 saturated heterocycles. The summed E-state index contributed by atoms with van der Waals surface area (Å²) in [5.41, 5.74) is 1.71. The van der Waals surface area contributed by atoms with Crippen LogP contribution in [0.2, 0.25) is 4.34 Å². The van der Waals surface area contributed by atoms with Gasteiger partial charge in [0.1, 0.15) is 0 Å². The molecule has 1 nitrogen and oxygen atoms in total. The van der Waals surface area contributed by atoms with E-state index in [0.29, 0.717) is 9.21 Å². The van der Waals surface area contributed by atoms with Crippen LogP contribution in [0.4, 0.5) is 0 Å². The van der Waals surface area contributed by atoms with Gasteiger partial charge in [-0.15, -0.1) is 23.1 Å². The topological polar surface area (TPSA) is 17.1 Å². The van der Waals surface area contributed by atoms with Crippen LogP contribution in [0, 0.1) is 6.92 Å². The van der Waals surface area contributed by atoms with Crippen molar-refractivity contribution < 1.29 is 4.79 Å². The third kappa shape index (κ3) is 2.57. The highest BCUT2D eigenvalue weighted by atomic mass is 35.5. The molecule has 2 aromatic rings. The van der Waals surface area contributed by atoms with Gasteiger partial charge in [-0.3, -0.25) is 4.79 Å². The molecule has 17 heavy (non-hydrogen) atoms. The van der Waals surface area contributed by atoms with Crippen LogP contribution >= 0.6 is 34.7 Å². The third-order valence-electron chi connectivity index (χ3n) is 2.43. The molecule has 0 aliphatic rings. The summed E-state index contributed by atoms with van der Waals surface area (Å²) in [6.45, 7) is 1.91. The number of ketones is 1. The van der Waals surface area contributed by atoms with E-state index < -0.39 is 0 Å². The van der Waals surface area contributed by atoms with Gasteiger partial charge in [0.2, 0.25) is 5.78 Å². The summed E-state index contributed by atoms with van der Waals surface area (Å²) >= 11 is 8.92. The fourth-order valence-corrected chi connectivity index (χ4v) is 3.29. The normalized spacial score (nSPS) is 10.5. The van der Waals surface area contributed by atoms with E-state index in [0.717, 1.165) is 16.0 Å². The van der Waals surface area contributed by atoms with Crippen molar-refractivity contribution in [2.75, 3.05) is 6.26 Å². The van der Waals surface area contributed by atoms with Crippen molar-refractivity contribution in [2.45, 2.75) is 11.8 Å². The minimum Gasteiger partial charge on any atom is -0.288 e. The van der Waals surface area contributed by atoms with Crippen LogP contribution in [0.25, 0.3) is 0 Å². The maximum absolute atomic E-state index is 12.3. The molecule has 1 aromatic carbocycles. The first-order valence-electron chi connectivity index (χ1n) is 5.07. The lowest BCUT2D eigenvalue weighted by Gasteiger charge is -2.03.